The monoisotopic (exact) mass is 373 g/mol. The number of likely N-dealkylation sites (tertiary alicyclic amines) is 1. The molecule has 2 aromatic rings. The van der Waals surface area contributed by atoms with E-state index in [9.17, 15) is 9.59 Å². The fourth-order valence-corrected chi connectivity index (χ4v) is 3.73. The summed E-state index contributed by atoms with van der Waals surface area (Å²) in [7, 11) is 2.06. The maximum Gasteiger partial charge on any atom is 0.321 e. The lowest BCUT2D eigenvalue weighted by molar-refractivity contribution is 0.0982. The van der Waals surface area contributed by atoms with Gasteiger partial charge in [0, 0.05) is 31.0 Å². The van der Waals surface area contributed by atoms with E-state index in [1.54, 1.807) is 0 Å². The minimum atomic E-state index is -0.256. The molecule has 1 aromatic heterocycles. The Morgan fingerprint density at radius 2 is 2.08 bits per heavy atom. The number of amides is 2. The molecule has 8 heteroatoms. The number of nitrogens with one attached hydrogen (secondary N) is 2. The number of aryl methyl sites for hydroxylation is 1. The van der Waals surface area contributed by atoms with E-state index in [0.717, 1.165) is 30.9 Å². The van der Waals surface area contributed by atoms with Gasteiger partial charge in [0.15, 0.2) is 5.78 Å². The molecule has 0 aliphatic carbocycles. The number of carbonyl (C=O) groups excluding carboxylic acids is 2. The second kappa shape index (κ2) is 8.86. The Morgan fingerprint density at radius 3 is 2.85 bits per heavy atom. The predicted molar refractivity (Wildman–Crippen MR) is 102 cm³/mol. The van der Waals surface area contributed by atoms with Gasteiger partial charge in [-0.2, -0.15) is 0 Å². The summed E-state index contributed by atoms with van der Waals surface area (Å²) in [6.07, 6.45) is 2.96. The molecule has 2 amide bonds. The van der Waals surface area contributed by atoms with Crippen LogP contribution in [0.3, 0.4) is 0 Å². The Balaban J connectivity index is 1.45. The highest BCUT2D eigenvalue weighted by molar-refractivity contribution is 7.15. The Labute approximate surface area is 156 Å². The lowest BCUT2D eigenvalue weighted by Crippen LogP contribution is -2.47. The lowest BCUT2D eigenvalue weighted by Gasteiger charge is -2.29. The largest absolute Gasteiger partial charge is 0.334 e. The zero-order valence-electron chi connectivity index (χ0n) is 14.8. The lowest BCUT2D eigenvalue weighted by atomic mass is 10.1. The molecule has 3 rings (SSSR count). The van der Waals surface area contributed by atoms with E-state index in [0.29, 0.717) is 23.5 Å². The van der Waals surface area contributed by atoms with Crippen LogP contribution in [-0.2, 0) is 6.42 Å². The molecule has 1 saturated heterocycles. The number of nitrogens with zero attached hydrogens (tertiary/aromatic N) is 3. The first-order chi connectivity index (χ1) is 12.6. The standard InChI is InChI=1S/C18H23N5O2S/c1-23-11-5-8-14(12-23)19-17(25)20-18-22-21-16(26-18)10-9-15(24)13-6-3-2-4-7-13/h2-4,6-7,14H,5,8-12H2,1H3,(H2,19,20,22,25)/t14-/m0/s1. The van der Waals surface area contributed by atoms with Crippen molar-refractivity contribution in [3.63, 3.8) is 0 Å². The maximum atomic E-state index is 12.1. The number of hydrogen-bond acceptors (Lipinski definition) is 6. The Bertz CT molecular complexity index is 749. The van der Waals surface area contributed by atoms with E-state index in [2.05, 4.69) is 32.8 Å². The summed E-state index contributed by atoms with van der Waals surface area (Å²) in [6.45, 7) is 1.93. The van der Waals surface area contributed by atoms with Gasteiger partial charge in [-0.1, -0.05) is 41.7 Å². The third-order valence-electron chi connectivity index (χ3n) is 4.31. The molecule has 0 bridgehead atoms. The number of benzene rings is 1. The van der Waals surface area contributed by atoms with E-state index in [1.165, 1.54) is 11.3 Å². The van der Waals surface area contributed by atoms with Crippen LogP contribution in [0.15, 0.2) is 30.3 Å². The molecular weight excluding hydrogens is 350 g/mol. The SMILES string of the molecule is CN1CCC[C@H](NC(=O)Nc2nnc(CCC(=O)c3ccccc3)s2)C1. The number of Topliss-reactive ketones (excluding diaryl/α,β-unsaturated/α-hetero) is 1. The summed E-state index contributed by atoms with van der Waals surface area (Å²) in [5, 5.41) is 14.9. The molecule has 138 valence electrons. The second-order valence-corrected chi connectivity index (χ2v) is 7.55. The van der Waals surface area contributed by atoms with Gasteiger partial charge in [-0.25, -0.2) is 4.79 Å². The fraction of sp³-hybridized carbons (Fsp3) is 0.444. The third kappa shape index (κ3) is 5.34. The van der Waals surface area contributed by atoms with Crippen molar-refractivity contribution in [1.82, 2.24) is 20.4 Å². The van der Waals surface area contributed by atoms with Gasteiger partial charge in [0.05, 0.1) is 0 Å². The molecule has 7 nitrogen and oxygen atoms in total. The molecular formula is C18H23N5O2S. The first-order valence-corrected chi connectivity index (χ1v) is 9.58. The number of carbonyl (C=O) groups is 2. The highest BCUT2D eigenvalue weighted by atomic mass is 32.1. The molecule has 0 saturated carbocycles. The van der Waals surface area contributed by atoms with E-state index in [-0.39, 0.29) is 17.9 Å². The van der Waals surface area contributed by atoms with Crippen LogP contribution in [0.1, 0.15) is 34.6 Å². The van der Waals surface area contributed by atoms with Crippen LogP contribution in [0.25, 0.3) is 0 Å². The van der Waals surface area contributed by atoms with Gasteiger partial charge in [-0.05, 0) is 26.4 Å². The molecule has 0 radical (unpaired) electrons. The Morgan fingerprint density at radius 1 is 1.27 bits per heavy atom. The van der Waals surface area contributed by atoms with Gasteiger partial charge in [0.25, 0.3) is 0 Å². The molecule has 1 aliphatic rings. The Kier molecular flexibility index (Phi) is 6.30. The molecule has 1 atom stereocenters. The average molecular weight is 373 g/mol. The summed E-state index contributed by atoms with van der Waals surface area (Å²) in [6, 6.07) is 9.10. The number of likely N-dealkylation sites (N-methyl/N-ethyl adjacent to an activating group) is 1. The number of hydrogen-bond donors (Lipinski definition) is 2. The van der Waals surface area contributed by atoms with E-state index in [4.69, 9.17) is 0 Å². The van der Waals surface area contributed by atoms with Crippen LogP contribution in [-0.4, -0.2) is 53.1 Å². The maximum absolute atomic E-state index is 12.1. The van der Waals surface area contributed by atoms with Crippen molar-refractivity contribution in [2.24, 2.45) is 0 Å². The predicted octanol–water partition coefficient (Wildman–Crippen LogP) is 2.57. The van der Waals surface area contributed by atoms with Crippen molar-refractivity contribution in [3.8, 4) is 0 Å². The molecule has 2 N–H and O–H groups in total. The zero-order valence-corrected chi connectivity index (χ0v) is 15.6. The first-order valence-electron chi connectivity index (χ1n) is 8.77. The summed E-state index contributed by atoms with van der Waals surface area (Å²) in [5.74, 6) is 0.0782. The average Bonchev–Trinajstić information content (AvgIpc) is 3.07. The van der Waals surface area contributed by atoms with Crippen LogP contribution in [0, 0.1) is 0 Å². The molecule has 1 fully saturated rings. The molecule has 26 heavy (non-hydrogen) atoms. The van der Waals surface area contributed by atoms with Crippen molar-refractivity contribution < 1.29 is 9.59 Å². The van der Waals surface area contributed by atoms with Gasteiger partial charge in [0.2, 0.25) is 5.13 Å². The van der Waals surface area contributed by atoms with Gasteiger partial charge in [0.1, 0.15) is 5.01 Å². The fourth-order valence-electron chi connectivity index (χ4n) is 3.00. The van der Waals surface area contributed by atoms with Crippen molar-refractivity contribution in [1.29, 1.82) is 0 Å². The Hall–Kier alpha value is -2.32. The summed E-state index contributed by atoms with van der Waals surface area (Å²) in [4.78, 5) is 26.4. The van der Waals surface area contributed by atoms with E-state index >= 15 is 0 Å². The highest BCUT2D eigenvalue weighted by Gasteiger charge is 2.19. The number of aromatic nitrogens is 2. The molecule has 1 aromatic carbocycles. The molecule has 1 aliphatic heterocycles. The molecule has 2 heterocycles. The summed E-state index contributed by atoms with van der Waals surface area (Å²) >= 11 is 1.30. The number of urea groups is 1. The van der Waals surface area contributed by atoms with Gasteiger partial charge < -0.3 is 10.2 Å². The van der Waals surface area contributed by atoms with Crippen LogP contribution in [0.2, 0.25) is 0 Å². The third-order valence-corrected chi connectivity index (χ3v) is 5.21. The van der Waals surface area contributed by atoms with Crippen molar-refractivity contribution in [3.05, 3.63) is 40.9 Å². The number of piperidine rings is 1. The summed E-state index contributed by atoms with van der Waals surface area (Å²) < 4.78 is 0. The van der Waals surface area contributed by atoms with Crippen LogP contribution >= 0.6 is 11.3 Å². The van der Waals surface area contributed by atoms with Crippen LogP contribution < -0.4 is 10.6 Å². The highest BCUT2D eigenvalue weighted by Crippen LogP contribution is 2.18. The van der Waals surface area contributed by atoms with Gasteiger partial charge in [-0.15, -0.1) is 10.2 Å². The minimum Gasteiger partial charge on any atom is -0.334 e. The van der Waals surface area contributed by atoms with E-state index < -0.39 is 0 Å². The van der Waals surface area contributed by atoms with Crippen LogP contribution in [0.4, 0.5) is 9.93 Å². The zero-order chi connectivity index (χ0) is 18.4. The van der Waals surface area contributed by atoms with Gasteiger partial charge >= 0.3 is 6.03 Å². The quantitative estimate of drug-likeness (QED) is 0.760. The smallest absolute Gasteiger partial charge is 0.321 e. The second-order valence-electron chi connectivity index (χ2n) is 6.49. The molecule has 0 spiro atoms. The molecule has 0 unspecified atom stereocenters. The number of ketones is 1. The summed E-state index contributed by atoms with van der Waals surface area (Å²) in [5.41, 5.74) is 0.701. The van der Waals surface area contributed by atoms with Crippen LogP contribution in [0.5, 0.6) is 0 Å². The first kappa shape index (κ1) is 18.5. The van der Waals surface area contributed by atoms with Crippen molar-refractivity contribution in [2.75, 3.05) is 25.5 Å². The normalized spacial score (nSPS) is 17.7. The van der Waals surface area contributed by atoms with Crippen molar-refractivity contribution >= 4 is 28.3 Å². The number of anilines is 1. The topological polar surface area (TPSA) is 87.2 Å². The minimum absolute atomic E-state index is 0.0782. The van der Waals surface area contributed by atoms with E-state index in [1.807, 2.05) is 30.3 Å². The number of rotatable bonds is 6. The van der Waals surface area contributed by atoms with Gasteiger partial charge in [-0.3, -0.25) is 10.1 Å². The van der Waals surface area contributed by atoms with Crippen molar-refractivity contribution in [2.45, 2.75) is 31.7 Å².